The largest absolute Gasteiger partial charge is 0.363 e. The van der Waals surface area contributed by atoms with Gasteiger partial charge in [0.25, 0.3) is 0 Å². The number of nitrogens with one attached hydrogen (secondary N) is 1. The van der Waals surface area contributed by atoms with E-state index in [0.717, 1.165) is 16.5 Å². The fourth-order valence-corrected chi connectivity index (χ4v) is 1.79. The van der Waals surface area contributed by atoms with Gasteiger partial charge in [0.05, 0.1) is 0 Å². The van der Waals surface area contributed by atoms with Crippen LogP contribution >= 0.6 is 11.5 Å². The molecule has 0 saturated carbocycles. The van der Waals surface area contributed by atoms with E-state index >= 15 is 0 Å². The molecular weight excluding hydrogens is 213 g/mol. The van der Waals surface area contributed by atoms with Gasteiger partial charge in [-0.3, -0.25) is 0 Å². The highest BCUT2D eigenvalue weighted by Crippen LogP contribution is 2.13. The van der Waals surface area contributed by atoms with Crippen molar-refractivity contribution in [3.05, 3.63) is 41.5 Å². The van der Waals surface area contributed by atoms with E-state index in [1.807, 2.05) is 6.07 Å². The lowest BCUT2D eigenvalue weighted by atomic mass is 10.1. The van der Waals surface area contributed by atoms with E-state index in [1.165, 1.54) is 23.7 Å². The molecule has 0 radical (unpaired) electrons. The van der Waals surface area contributed by atoms with Crippen LogP contribution in [0.2, 0.25) is 0 Å². The first kappa shape index (κ1) is 10.0. The standard InChI is InChI=1S/C10H10FN3S/c1-12-10-13-9(14-15-10)6-7-3-2-4-8(11)5-7/h2-5H,6H2,1H3,(H,12,13,14). The van der Waals surface area contributed by atoms with Crippen molar-refractivity contribution in [2.75, 3.05) is 12.4 Å². The predicted octanol–water partition coefficient (Wildman–Crippen LogP) is 2.31. The molecule has 78 valence electrons. The fraction of sp³-hybridized carbons (Fsp3) is 0.200. The van der Waals surface area contributed by atoms with Crippen molar-refractivity contribution >= 4 is 16.7 Å². The first-order valence-corrected chi connectivity index (χ1v) is 5.30. The molecule has 0 spiro atoms. The molecule has 1 aromatic heterocycles. The van der Waals surface area contributed by atoms with Gasteiger partial charge in [-0.05, 0) is 17.7 Å². The second-order valence-corrected chi connectivity index (χ2v) is 3.82. The predicted molar refractivity (Wildman–Crippen MR) is 58.7 cm³/mol. The van der Waals surface area contributed by atoms with Crippen LogP contribution < -0.4 is 5.32 Å². The lowest BCUT2D eigenvalue weighted by Gasteiger charge is -1.96. The Morgan fingerprint density at radius 2 is 2.33 bits per heavy atom. The van der Waals surface area contributed by atoms with E-state index in [1.54, 1.807) is 13.1 Å². The second-order valence-electron chi connectivity index (χ2n) is 3.07. The van der Waals surface area contributed by atoms with Crippen molar-refractivity contribution in [2.24, 2.45) is 0 Å². The summed E-state index contributed by atoms with van der Waals surface area (Å²) >= 11 is 1.31. The third-order valence-corrected chi connectivity index (χ3v) is 2.70. The lowest BCUT2D eigenvalue weighted by molar-refractivity contribution is 0.626. The summed E-state index contributed by atoms with van der Waals surface area (Å²) in [5.41, 5.74) is 0.885. The summed E-state index contributed by atoms with van der Waals surface area (Å²) in [6.45, 7) is 0. The molecule has 2 rings (SSSR count). The van der Waals surface area contributed by atoms with Crippen LogP contribution in [-0.2, 0) is 6.42 Å². The topological polar surface area (TPSA) is 37.8 Å². The maximum absolute atomic E-state index is 12.9. The number of benzene rings is 1. The lowest BCUT2D eigenvalue weighted by Crippen LogP contribution is -1.92. The highest BCUT2D eigenvalue weighted by molar-refractivity contribution is 7.09. The van der Waals surface area contributed by atoms with E-state index in [0.29, 0.717) is 6.42 Å². The normalized spacial score (nSPS) is 10.3. The molecule has 3 nitrogen and oxygen atoms in total. The van der Waals surface area contributed by atoms with Gasteiger partial charge in [0.15, 0.2) is 0 Å². The van der Waals surface area contributed by atoms with Crippen LogP contribution in [0.3, 0.4) is 0 Å². The van der Waals surface area contributed by atoms with E-state index in [2.05, 4.69) is 14.7 Å². The number of anilines is 1. The molecule has 0 amide bonds. The quantitative estimate of drug-likeness (QED) is 0.867. The van der Waals surface area contributed by atoms with Crippen LogP contribution in [0.1, 0.15) is 11.4 Å². The summed E-state index contributed by atoms with van der Waals surface area (Å²) in [4.78, 5) is 4.23. The number of halogens is 1. The van der Waals surface area contributed by atoms with Crippen molar-refractivity contribution in [1.29, 1.82) is 0 Å². The Labute approximate surface area is 91.2 Å². The van der Waals surface area contributed by atoms with E-state index in [-0.39, 0.29) is 5.82 Å². The number of aromatic nitrogens is 2. The molecule has 1 N–H and O–H groups in total. The van der Waals surface area contributed by atoms with Crippen molar-refractivity contribution < 1.29 is 4.39 Å². The second kappa shape index (κ2) is 4.35. The molecule has 0 aliphatic rings. The number of rotatable bonds is 3. The van der Waals surface area contributed by atoms with Gasteiger partial charge >= 0.3 is 0 Å². The minimum absolute atomic E-state index is 0.225. The fourth-order valence-electron chi connectivity index (χ4n) is 1.26. The number of hydrogen-bond donors (Lipinski definition) is 1. The maximum atomic E-state index is 12.9. The monoisotopic (exact) mass is 223 g/mol. The van der Waals surface area contributed by atoms with Gasteiger partial charge in [-0.2, -0.15) is 4.37 Å². The highest BCUT2D eigenvalue weighted by atomic mass is 32.1. The molecule has 0 unspecified atom stereocenters. The zero-order chi connectivity index (χ0) is 10.7. The molecule has 0 bridgehead atoms. The molecule has 0 fully saturated rings. The Hall–Kier alpha value is -1.49. The average Bonchev–Trinajstić information content (AvgIpc) is 2.65. The van der Waals surface area contributed by atoms with Gasteiger partial charge in [-0.25, -0.2) is 9.37 Å². The first-order chi connectivity index (χ1) is 7.28. The van der Waals surface area contributed by atoms with Crippen LogP contribution in [-0.4, -0.2) is 16.4 Å². The summed E-state index contributed by atoms with van der Waals surface area (Å²) in [5.74, 6) is 0.492. The molecule has 1 aromatic carbocycles. The van der Waals surface area contributed by atoms with Crippen LogP contribution in [0, 0.1) is 5.82 Å². The van der Waals surface area contributed by atoms with Gasteiger partial charge in [0.2, 0.25) is 5.13 Å². The molecule has 0 saturated heterocycles. The summed E-state index contributed by atoms with van der Waals surface area (Å²) in [6.07, 6.45) is 0.565. The summed E-state index contributed by atoms with van der Waals surface area (Å²) in [6, 6.07) is 6.48. The van der Waals surface area contributed by atoms with Crippen LogP contribution in [0.15, 0.2) is 24.3 Å². The Morgan fingerprint density at radius 3 is 3.00 bits per heavy atom. The Balaban J connectivity index is 2.14. The highest BCUT2D eigenvalue weighted by Gasteiger charge is 2.04. The maximum Gasteiger partial charge on any atom is 0.202 e. The van der Waals surface area contributed by atoms with Gasteiger partial charge in [-0.1, -0.05) is 12.1 Å². The van der Waals surface area contributed by atoms with Crippen molar-refractivity contribution in [3.8, 4) is 0 Å². The smallest absolute Gasteiger partial charge is 0.202 e. The molecule has 2 aromatic rings. The molecule has 15 heavy (non-hydrogen) atoms. The first-order valence-electron chi connectivity index (χ1n) is 4.52. The van der Waals surface area contributed by atoms with Crippen molar-refractivity contribution in [1.82, 2.24) is 9.36 Å². The third kappa shape index (κ3) is 2.50. The zero-order valence-corrected chi connectivity index (χ0v) is 9.01. The van der Waals surface area contributed by atoms with E-state index < -0.39 is 0 Å². The van der Waals surface area contributed by atoms with E-state index in [9.17, 15) is 4.39 Å². The SMILES string of the molecule is CNc1nc(Cc2cccc(F)c2)ns1. The van der Waals surface area contributed by atoms with Gasteiger partial charge in [-0.15, -0.1) is 0 Å². The van der Waals surface area contributed by atoms with Gasteiger partial charge in [0, 0.05) is 25.0 Å². The zero-order valence-electron chi connectivity index (χ0n) is 8.20. The molecular formula is C10H10FN3S. The third-order valence-electron chi connectivity index (χ3n) is 1.93. The Morgan fingerprint density at radius 1 is 1.47 bits per heavy atom. The number of hydrogen-bond acceptors (Lipinski definition) is 4. The van der Waals surface area contributed by atoms with Gasteiger partial charge < -0.3 is 5.32 Å². The summed E-state index contributed by atoms with van der Waals surface area (Å²) < 4.78 is 17.0. The summed E-state index contributed by atoms with van der Waals surface area (Å²) in [7, 11) is 1.80. The Kier molecular flexibility index (Phi) is 2.91. The minimum Gasteiger partial charge on any atom is -0.363 e. The van der Waals surface area contributed by atoms with Crippen molar-refractivity contribution in [3.63, 3.8) is 0 Å². The van der Waals surface area contributed by atoms with Crippen LogP contribution in [0.4, 0.5) is 9.52 Å². The van der Waals surface area contributed by atoms with Crippen molar-refractivity contribution in [2.45, 2.75) is 6.42 Å². The van der Waals surface area contributed by atoms with E-state index in [4.69, 9.17) is 0 Å². The number of nitrogens with zero attached hydrogens (tertiary/aromatic N) is 2. The Bertz CT molecular complexity index is 455. The molecule has 0 atom stereocenters. The molecule has 1 heterocycles. The summed E-state index contributed by atoms with van der Waals surface area (Å²) in [5, 5.41) is 3.69. The van der Waals surface area contributed by atoms with Gasteiger partial charge in [0.1, 0.15) is 11.6 Å². The van der Waals surface area contributed by atoms with Crippen LogP contribution in [0.25, 0.3) is 0 Å². The molecule has 0 aliphatic carbocycles. The minimum atomic E-state index is -0.225. The molecule has 5 heteroatoms. The molecule has 0 aliphatic heterocycles. The van der Waals surface area contributed by atoms with Crippen LogP contribution in [0.5, 0.6) is 0 Å². The average molecular weight is 223 g/mol.